The number of nitrogens with zero attached hydrogens (tertiary/aromatic N) is 4. The van der Waals surface area contributed by atoms with E-state index in [0.29, 0.717) is 11.0 Å². The van der Waals surface area contributed by atoms with Crippen LogP contribution in [0.2, 0.25) is 0 Å². The van der Waals surface area contributed by atoms with Gasteiger partial charge in [-0.15, -0.1) is 0 Å². The maximum absolute atomic E-state index is 10.5. The van der Waals surface area contributed by atoms with Crippen LogP contribution in [0.3, 0.4) is 0 Å². The number of hydrogen-bond donors (Lipinski definition) is 1. The second kappa shape index (κ2) is 2.51. The number of carboxylic acids is 1. The second-order valence-electron chi connectivity index (χ2n) is 2.54. The van der Waals surface area contributed by atoms with Gasteiger partial charge in [-0.05, 0) is 0 Å². The number of carbonyl (C=O) groups is 1. The van der Waals surface area contributed by atoms with E-state index < -0.39 is 5.97 Å². The molecule has 66 valence electrons. The van der Waals surface area contributed by atoms with Gasteiger partial charge in [-0.2, -0.15) is 5.10 Å². The molecule has 6 heteroatoms. The molecule has 0 aliphatic rings. The Morgan fingerprint density at radius 1 is 1.54 bits per heavy atom. The first kappa shape index (κ1) is 7.66. The van der Waals surface area contributed by atoms with Crippen LogP contribution in [0.5, 0.6) is 0 Å². The van der Waals surface area contributed by atoms with Crippen LogP contribution in [0, 0.1) is 0 Å². The lowest BCUT2D eigenvalue weighted by Crippen LogP contribution is -2.03. The van der Waals surface area contributed by atoms with Gasteiger partial charge >= 0.3 is 5.97 Å². The Balaban J connectivity index is 2.70. The maximum atomic E-state index is 10.5. The Labute approximate surface area is 72.8 Å². The highest BCUT2D eigenvalue weighted by molar-refractivity contribution is 5.86. The molecule has 0 fully saturated rings. The molecule has 2 rings (SSSR count). The summed E-state index contributed by atoms with van der Waals surface area (Å²) in [6, 6.07) is 0. The minimum absolute atomic E-state index is 0.208. The molecule has 0 bridgehead atoms. The lowest BCUT2D eigenvalue weighted by Gasteiger charge is -1.93. The number of carboxylic acid groups (broad SMARTS) is 1. The summed E-state index contributed by atoms with van der Waals surface area (Å²) in [7, 11) is 1.74. The molecule has 1 N–H and O–H groups in total. The van der Waals surface area contributed by atoms with E-state index in [1.807, 2.05) is 0 Å². The van der Waals surface area contributed by atoms with E-state index in [0.717, 1.165) is 0 Å². The van der Waals surface area contributed by atoms with Crippen molar-refractivity contribution in [1.82, 2.24) is 19.7 Å². The van der Waals surface area contributed by atoms with E-state index in [9.17, 15) is 4.79 Å². The van der Waals surface area contributed by atoms with Crippen LogP contribution in [0.1, 0.15) is 10.6 Å². The van der Waals surface area contributed by atoms with Crippen molar-refractivity contribution in [2.24, 2.45) is 7.05 Å². The fraction of sp³-hybridized carbons (Fsp3) is 0.143. The first-order valence-corrected chi connectivity index (χ1v) is 3.56. The van der Waals surface area contributed by atoms with E-state index in [1.165, 1.54) is 12.4 Å². The van der Waals surface area contributed by atoms with Gasteiger partial charge in [0.15, 0.2) is 0 Å². The summed E-state index contributed by atoms with van der Waals surface area (Å²) < 4.78 is 1.58. The van der Waals surface area contributed by atoms with Crippen molar-refractivity contribution < 1.29 is 9.90 Å². The molecule has 2 aromatic rings. The predicted molar refractivity (Wildman–Crippen MR) is 43.3 cm³/mol. The Kier molecular flexibility index (Phi) is 1.48. The van der Waals surface area contributed by atoms with Crippen molar-refractivity contribution in [2.45, 2.75) is 0 Å². The smallest absolute Gasteiger partial charge is 0.373 e. The standard InChI is InChI=1S/C7H6N4O2/c1-11-5-3-8-6(7(12)13)10-4(5)2-9-11/h2-3H,1H3,(H,12,13). The van der Waals surface area contributed by atoms with Gasteiger partial charge in [0.05, 0.1) is 12.4 Å². The molecule has 6 nitrogen and oxygen atoms in total. The van der Waals surface area contributed by atoms with Crippen molar-refractivity contribution in [2.75, 3.05) is 0 Å². The van der Waals surface area contributed by atoms with Crippen LogP contribution in [0.25, 0.3) is 11.0 Å². The first-order chi connectivity index (χ1) is 6.18. The molecule has 0 spiro atoms. The Bertz CT molecular complexity index is 476. The van der Waals surface area contributed by atoms with Crippen LogP contribution >= 0.6 is 0 Å². The van der Waals surface area contributed by atoms with Gasteiger partial charge in [0.1, 0.15) is 11.0 Å². The topological polar surface area (TPSA) is 80.9 Å². The summed E-state index contributed by atoms with van der Waals surface area (Å²) in [5, 5.41) is 12.5. The Hall–Kier alpha value is -1.98. The van der Waals surface area contributed by atoms with Gasteiger partial charge in [-0.25, -0.2) is 14.8 Å². The van der Waals surface area contributed by atoms with E-state index >= 15 is 0 Å². The van der Waals surface area contributed by atoms with Gasteiger partial charge in [-0.3, -0.25) is 4.68 Å². The maximum Gasteiger partial charge on any atom is 0.373 e. The van der Waals surface area contributed by atoms with Crippen molar-refractivity contribution in [3.63, 3.8) is 0 Å². The van der Waals surface area contributed by atoms with E-state index in [1.54, 1.807) is 11.7 Å². The lowest BCUT2D eigenvalue weighted by molar-refractivity contribution is 0.0684. The average Bonchev–Trinajstić information content (AvgIpc) is 2.47. The van der Waals surface area contributed by atoms with Crippen molar-refractivity contribution >= 4 is 17.0 Å². The second-order valence-corrected chi connectivity index (χ2v) is 2.54. The predicted octanol–water partition coefficient (Wildman–Crippen LogP) is 0.0615. The van der Waals surface area contributed by atoms with Crippen LogP contribution in [0.4, 0.5) is 0 Å². The number of aromatic carboxylic acids is 1. The van der Waals surface area contributed by atoms with Gasteiger partial charge in [0.2, 0.25) is 5.82 Å². The zero-order valence-corrected chi connectivity index (χ0v) is 6.80. The van der Waals surface area contributed by atoms with Crippen molar-refractivity contribution in [3.8, 4) is 0 Å². The lowest BCUT2D eigenvalue weighted by atomic mass is 10.4. The largest absolute Gasteiger partial charge is 0.475 e. The monoisotopic (exact) mass is 178 g/mol. The summed E-state index contributed by atoms with van der Waals surface area (Å²) in [4.78, 5) is 18.0. The minimum Gasteiger partial charge on any atom is -0.475 e. The van der Waals surface area contributed by atoms with E-state index in [-0.39, 0.29) is 5.82 Å². The molecule has 2 heterocycles. The minimum atomic E-state index is -1.13. The zero-order chi connectivity index (χ0) is 9.42. The van der Waals surface area contributed by atoms with Crippen LogP contribution in [-0.2, 0) is 7.05 Å². The normalized spacial score (nSPS) is 10.5. The molecule has 0 aromatic carbocycles. The van der Waals surface area contributed by atoms with Gasteiger partial charge in [0.25, 0.3) is 0 Å². The third-order valence-corrected chi connectivity index (χ3v) is 1.69. The molecule has 0 unspecified atom stereocenters. The fourth-order valence-corrected chi connectivity index (χ4v) is 1.04. The zero-order valence-electron chi connectivity index (χ0n) is 6.80. The highest BCUT2D eigenvalue weighted by atomic mass is 16.4. The molecule has 0 atom stereocenters. The summed E-state index contributed by atoms with van der Waals surface area (Å²) in [6.07, 6.45) is 2.95. The molecule has 0 aliphatic carbocycles. The molecule has 0 radical (unpaired) electrons. The van der Waals surface area contributed by atoms with Crippen LogP contribution in [-0.4, -0.2) is 30.8 Å². The van der Waals surface area contributed by atoms with Gasteiger partial charge < -0.3 is 5.11 Å². The molecular weight excluding hydrogens is 172 g/mol. The number of aryl methyl sites for hydroxylation is 1. The number of rotatable bonds is 1. The molecule has 13 heavy (non-hydrogen) atoms. The summed E-state index contributed by atoms with van der Waals surface area (Å²) in [6.45, 7) is 0. The van der Waals surface area contributed by atoms with E-state index in [4.69, 9.17) is 5.11 Å². The number of fused-ring (bicyclic) bond motifs is 1. The summed E-state index contributed by atoms with van der Waals surface area (Å²) in [5.41, 5.74) is 1.25. The average molecular weight is 178 g/mol. The Morgan fingerprint density at radius 3 is 3.00 bits per heavy atom. The SMILES string of the molecule is Cn1ncc2nc(C(=O)O)ncc21. The summed E-state index contributed by atoms with van der Waals surface area (Å²) >= 11 is 0. The van der Waals surface area contributed by atoms with Gasteiger partial charge in [-0.1, -0.05) is 0 Å². The third-order valence-electron chi connectivity index (χ3n) is 1.69. The third kappa shape index (κ3) is 1.12. The molecule has 0 saturated carbocycles. The molecule has 0 amide bonds. The molecule has 0 saturated heterocycles. The Morgan fingerprint density at radius 2 is 2.31 bits per heavy atom. The number of hydrogen-bond acceptors (Lipinski definition) is 4. The summed E-state index contributed by atoms with van der Waals surface area (Å²) in [5.74, 6) is -1.34. The molecular formula is C7H6N4O2. The van der Waals surface area contributed by atoms with Crippen molar-refractivity contribution in [1.29, 1.82) is 0 Å². The van der Waals surface area contributed by atoms with E-state index in [2.05, 4.69) is 15.1 Å². The van der Waals surface area contributed by atoms with Gasteiger partial charge in [0, 0.05) is 7.05 Å². The van der Waals surface area contributed by atoms with Crippen LogP contribution in [0.15, 0.2) is 12.4 Å². The highest BCUT2D eigenvalue weighted by Crippen LogP contribution is 2.07. The molecule has 0 aliphatic heterocycles. The fourth-order valence-electron chi connectivity index (χ4n) is 1.04. The van der Waals surface area contributed by atoms with Crippen molar-refractivity contribution in [3.05, 3.63) is 18.2 Å². The first-order valence-electron chi connectivity index (χ1n) is 3.56. The quantitative estimate of drug-likeness (QED) is 0.667. The number of aromatic nitrogens is 4. The van der Waals surface area contributed by atoms with Crippen LogP contribution < -0.4 is 0 Å². The molecule has 2 aromatic heterocycles. The highest BCUT2D eigenvalue weighted by Gasteiger charge is 2.08.